The minimum Gasteiger partial charge on any atom is -0.268 e. The van der Waals surface area contributed by atoms with E-state index in [-0.39, 0.29) is 10.5 Å². The smallest absolute Gasteiger partial charge is 0.268 e. The van der Waals surface area contributed by atoms with Crippen molar-refractivity contribution in [2.24, 2.45) is 0 Å². The molecule has 0 aliphatic carbocycles. The summed E-state index contributed by atoms with van der Waals surface area (Å²) in [5.74, 6) is -1.70. The summed E-state index contributed by atoms with van der Waals surface area (Å²) in [6.07, 6.45) is 0. The predicted octanol–water partition coefficient (Wildman–Crippen LogP) is 5.85. The molecular weight excluding hydrogens is 468 g/mol. The second kappa shape index (κ2) is 8.92. The largest absolute Gasteiger partial charge is 0.269 e. The molecule has 0 N–H and O–H groups in total. The van der Waals surface area contributed by atoms with Gasteiger partial charge < -0.3 is 0 Å². The average molecular weight is 488 g/mol. The lowest BCUT2D eigenvalue weighted by atomic mass is 9.89. The Morgan fingerprint density at radius 2 is 1.11 bits per heavy atom. The molecule has 0 saturated carbocycles. The molecule has 0 spiro atoms. The van der Waals surface area contributed by atoms with E-state index in [1.807, 2.05) is 0 Å². The molecule has 4 aromatic carbocycles. The SMILES string of the molecule is O=C1C(c2ccc(F)cc2)=C(c2ccc(F)cc2)C(c2ccccc2)N1S(=O)(=O)c1ccccc1. The van der Waals surface area contributed by atoms with Crippen LogP contribution in [-0.4, -0.2) is 18.6 Å². The molecule has 174 valence electrons. The molecule has 0 bridgehead atoms. The fourth-order valence-corrected chi connectivity index (χ4v) is 5.86. The van der Waals surface area contributed by atoms with Gasteiger partial charge in [0.05, 0.1) is 16.5 Å². The van der Waals surface area contributed by atoms with Crippen LogP contribution in [0.25, 0.3) is 11.1 Å². The molecule has 0 saturated heterocycles. The monoisotopic (exact) mass is 487 g/mol. The molecule has 1 aliphatic rings. The van der Waals surface area contributed by atoms with Gasteiger partial charge in [-0.3, -0.25) is 4.79 Å². The van der Waals surface area contributed by atoms with Gasteiger partial charge in [-0.05, 0) is 53.1 Å². The quantitative estimate of drug-likeness (QED) is 0.355. The topological polar surface area (TPSA) is 54.5 Å². The molecule has 35 heavy (non-hydrogen) atoms. The maximum Gasteiger partial charge on any atom is 0.269 e. The minimum absolute atomic E-state index is 0.0342. The van der Waals surface area contributed by atoms with Gasteiger partial charge in [0.15, 0.2) is 0 Å². The van der Waals surface area contributed by atoms with Crippen molar-refractivity contribution in [2.75, 3.05) is 0 Å². The van der Waals surface area contributed by atoms with Gasteiger partial charge in [-0.2, -0.15) is 0 Å². The Hall–Kier alpha value is -4.10. The molecule has 1 unspecified atom stereocenters. The number of amides is 1. The van der Waals surface area contributed by atoms with Gasteiger partial charge in [-0.25, -0.2) is 21.5 Å². The molecule has 0 fully saturated rings. The van der Waals surface area contributed by atoms with E-state index in [4.69, 9.17) is 0 Å². The Bertz CT molecular complexity index is 1520. The number of benzene rings is 4. The first-order valence-corrected chi connectivity index (χ1v) is 12.3. The van der Waals surface area contributed by atoms with E-state index in [1.54, 1.807) is 48.5 Å². The standard InChI is InChI=1S/C28H19F2NO3S/c29-22-15-11-19(12-16-22)25-26(20-13-17-23(30)18-14-20)28(32)31(27(25)21-7-3-1-4-8-21)35(33,34)24-9-5-2-6-10-24/h1-18,27H. The van der Waals surface area contributed by atoms with Crippen LogP contribution in [0.4, 0.5) is 8.78 Å². The number of hydrogen-bond donors (Lipinski definition) is 0. The van der Waals surface area contributed by atoms with Gasteiger partial charge >= 0.3 is 0 Å². The Balaban J connectivity index is 1.82. The summed E-state index contributed by atoms with van der Waals surface area (Å²) < 4.78 is 56.1. The van der Waals surface area contributed by atoms with Crippen LogP contribution in [0.2, 0.25) is 0 Å². The van der Waals surface area contributed by atoms with E-state index < -0.39 is 33.6 Å². The van der Waals surface area contributed by atoms with Crippen molar-refractivity contribution in [1.29, 1.82) is 0 Å². The summed E-state index contributed by atoms with van der Waals surface area (Å²) in [6, 6.07) is 26.3. The fraction of sp³-hybridized carbons (Fsp3) is 0.0357. The summed E-state index contributed by atoms with van der Waals surface area (Å²) in [7, 11) is -4.29. The predicted molar refractivity (Wildman–Crippen MR) is 129 cm³/mol. The van der Waals surface area contributed by atoms with E-state index in [1.165, 1.54) is 60.7 Å². The number of carbonyl (C=O) groups is 1. The second-order valence-corrected chi connectivity index (χ2v) is 9.85. The third-order valence-corrected chi connectivity index (χ3v) is 7.66. The van der Waals surface area contributed by atoms with Crippen molar-refractivity contribution in [1.82, 2.24) is 4.31 Å². The van der Waals surface area contributed by atoms with Crippen LogP contribution < -0.4 is 0 Å². The Labute approximate surface area is 201 Å². The third-order valence-electron chi connectivity index (χ3n) is 5.89. The molecule has 4 nitrogen and oxygen atoms in total. The van der Waals surface area contributed by atoms with Gasteiger partial charge in [0.25, 0.3) is 15.9 Å². The summed E-state index contributed by atoms with van der Waals surface area (Å²) >= 11 is 0. The van der Waals surface area contributed by atoms with Gasteiger partial charge in [0.2, 0.25) is 0 Å². The number of halogens is 2. The van der Waals surface area contributed by atoms with Crippen LogP contribution in [0.15, 0.2) is 114 Å². The van der Waals surface area contributed by atoms with Crippen molar-refractivity contribution >= 4 is 27.1 Å². The number of rotatable bonds is 5. The number of sulfonamides is 1. The molecule has 0 aromatic heterocycles. The maximum atomic E-state index is 14.0. The third kappa shape index (κ3) is 4.04. The van der Waals surface area contributed by atoms with Crippen molar-refractivity contribution < 1.29 is 22.0 Å². The molecule has 1 amide bonds. The average Bonchev–Trinajstić information content (AvgIpc) is 3.19. The highest BCUT2D eigenvalue weighted by Crippen LogP contribution is 2.49. The van der Waals surface area contributed by atoms with Crippen molar-refractivity contribution in [3.05, 3.63) is 138 Å². The van der Waals surface area contributed by atoms with Crippen LogP contribution in [0.3, 0.4) is 0 Å². The van der Waals surface area contributed by atoms with Gasteiger partial charge in [0, 0.05) is 5.57 Å². The van der Waals surface area contributed by atoms with Crippen LogP contribution in [0.5, 0.6) is 0 Å². The van der Waals surface area contributed by atoms with Gasteiger partial charge in [-0.1, -0.05) is 72.8 Å². The van der Waals surface area contributed by atoms with E-state index in [2.05, 4.69) is 0 Å². The number of carbonyl (C=O) groups excluding carboxylic acids is 1. The first-order chi connectivity index (χ1) is 16.9. The summed E-state index contributed by atoms with van der Waals surface area (Å²) in [4.78, 5) is 13.9. The molecule has 1 aliphatic heterocycles. The van der Waals surface area contributed by atoms with Crippen molar-refractivity contribution in [3.63, 3.8) is 0 Å². The number of hydrogen-bond acceptors (Lipinski definition) is 3. The first kappa shape index (κ1) is 22.7. The number of nitrogens with zero attached hydrogens (tertiary/aromatic N) is 1. The molecular formula is C28H19F2NO3S. The molecule has 0 radical (unpaired) electrons. The summed E-state index contributed by atoms with van der Waals surface area (Å²) in [6.45, 7) is 0. The highest BCUT2D eigenvalue weighted by Gasteiger charge is 2.47. The van der Waals surface area contributed by atoms with Gasteiger partial charge in [0.1, 0.15) is 11.6 Å². The summed E-state index contributed by atoms with van der Waals surface area (Å²) in [5.41, 5.74) is 1.93. The van der Waals surface area contributed by atoms with Crippen LogP contribution >= 0.6 is 0 Å². The first-order valence-electron chi connectivity index (χ1n) is 10.8. The Morgan fingerprint density at radius 1 is 0.629 bits per heavy atom. The molecule has 7 heteroatoms. The molecule has 5 rings (SSSR count). The zero-order valence-electron chi connectivity index (χ0n) is 18.3. The van der Waals surface area contributed by atoms with E-state index in [0.29, 0.717) is 22.3 Å². The zero-order chi connectivity index (χ0) is 24.6. The second-order valence-electron chi connectivity index (χ2n) is 8.03. The maximum absolute atomic E-state index is 14.0. The van der Waals surface area contributed by atoms with Gasteiger partial charge in [-0.15, -0.1) is 0 Å². The van der Waals surface area contributed by atoms with E-state index in [9.17, 15) is 22.0 Å². The molecule has 1 heterocycles. The minimum atomic E-state index is -4.29. The molecule has 4 aromatic rings. The van der Waals surface area contributed by atoms with Crippen molar-refractivity contribution in [3.8, 4) is 0 Å². The fourth-order valence-electron chi connectivity index (χ4n) is 4.32. The van der Waals surface area contributed by atoms with Crippen LogP contribution in [0, 0.1) is 11.6 Å². The lowest BCUT2D eigenvalue weighted by molar-refractivity contribution is -0.120. The van der Waals surface area contributed by atoms with Crippen molar-refractivity contribution in [2.45, 2.75) is 10.9 Å². The molecule has 1 atom stereocenters. The van der Waals surface area contributed by atoms with E-state index in [0.717, 1.165) is 4.31 Å². The summed E-state index contributed by atoms with van der Waals surface area (Å²) in [5, 5.41) is 0. The normalized spacial score (nSPS) is 16.1. The lowest BCUT2D eigenvalue weighted by Crippen LogP contribution is -2.36. The highest BCUT2D eigenvalue weighted by atomic mass is 32.2. The Morgan fingerprint density at radius 3 is 1.66 bits per heavy atom. The van der Waals surface area contributed by atoms with E-state index >= 15 is 0 Å². The van der Waals surface area contributed by atoms with Crippen LogP contribution in [-0.2, 0) is 14.8 Å². The zero-order valence-corrected chi connectivity index (χ0v) is 19.1. The highest BCUT2D eigenvalue weighted by molar-refractivity contribution is 7.89. The Kier molecular flexibility index (Phi) is 5.78. The lowest BCUT2D eigenvalue weighted by Gasteiger charge is -2.27. The van der Waals surface area contributed by atoms with Crippen LogP contribution in [0.1, 0.15) is 22.7 Å².